The maximum atomic E-state index is 10.0. The van der Waals surface area contributed by atoms with E-state index in [4.69, 9.17) is 4.43 Å². The number of unbranched alkanes of at least 4 members (excludes halogenated alkanes) is 1. The Hall–Kier alpha value is -0.384. The van der Waals surface area contributed by atoms with Gasteiger partial charge in [-0.25, -0.2) is 0 Å². The molecule has 1 aromatic carbocycles. The molecule has 0 radical (unpaired) electrons. The number of hydrogen-bond acceptors (Lipinski definition) is 2. The fourth-order valence-corrected chi connectivity index (χ4v) is 5.67. The second-order valence-corrected chi connectivity index (χ2v) is 15.2. The van der Waals surface area contributed by atoms with E-state index in [0.717, 1.165) is 12.8 Å². The summed E-state index contributed by atoms with van der Waals surface area (Å²) in [6, 6.07) is 10.5. The zero-order valence-electron chi connectivity index (χ0n) is 16.1. The van der Waals surface area contributed by atoms with Crippen LogP contribution in [0.25, 0.3) is 0 Å². The van der Waals surface area contributed by atoms with Gasteiger partial charge < -0.3 is 0 Å². The third-order valence-electron chi connectivity index (χ3n) is 4.60. The molecular weight excluding hydrogens is 379 g/mol. The molecule has 0 fully saturated rings. The van der Waals surface area contributed by atoms with E-state index in [1.807, 2.05) is 6.07 Å². The first-order valence-corrected chi connectivity index (χ1v) is 13.6. The van der Waals surface area contributed by atoms with Gasteiger partial charge in [0.15, 0.2) is 0 Å². The molecule has 0 heterocycles. The second-order valence-electron chi connectivity index (χ2n) is 7.71. The molecule has 1 N–H and O–H groups in total. The third-order valence-corrected chi connectivity index (χ3v) is 11.7. The van der Waals surface area contributed by atoms with Crippen LogP contribution in [0.1, 0.15) is 40.5 Å². The van der Waals surface area contributed by atoms with Crippen LogP contribution in [0.15, 0.2) is 42.5 Å². The van der Waals surface area contributed by atoms with E-state index in [1.54, 1.807) is 0 Å². The normalized spacial score (nSPS) is 15.6. The molecule has 0 aromatic heterocycles. The number of benzene rings is 1. The maximum absolute atomic E-state index is 10.0. The molecule has 0 bridgehead atoms. The zero-order chi connectivity index (χ0) is 18.2. The van der Waals surface area contributed by atoms with Crippen molar-refractivity contribution in [2.75, 3.05) is 6.61 Å². The zero-order valence-corrected chi connectivity index (χ0v) is 18.8. The summed E-state index contributed by atoms with van der Waals surface area (Å²) in [6.07, 6.45) is 6.63. The minimum atomic E-state index is -1.88. The molecule has 0 amide bonds. The van der Waals surface area contributed by atoms with Gasteiger partial charge in [-0.05, 0) is 0 Å². The monoisotopic (exact) mass is 414 g/mol. The summed E-state index contributed by atoms with van der Waals surface area (Å²) in [7, 11) is -1.88. The molecular formula is C20H34O2SeSi. The summed E-state index contributed by atoms with van der Waals surface area (Å²) in [6.45, 7) is 13.7. The Labute approximate surface area is 156 Å². The molecule has 0 saturated heterocycles. The Bertz CT molecular complexity index is 494. The summed E-state index contributed by atoms with van der Waals surface area (Å²) in [5, 5.41) is 10.2. The molecule has 0 aliphatic heterocycles. The van der Waals surface area contributed by atoms with Gasteiger partial charge in [-0.1, -0.05) is 0 Å². The quantitative estimate of drug-likeness (QED) is 0.476. The van der Waals surface area contributed by atoms with E-state index < -0.39 is 8.32 Å². The number of aliphatic hydroxyl groups is 1. The molecule has 0 aliphatic rings. The van der Waals surface area contributed by atoms with Crippen molar-refractivity contribution in [1.82, 2.24) is 0 Å². The number of hydrogen-bond donors (Lipinski definition) is 1. The van der Waals surface area contributed by atoms with Crippen LogP contribution in [0.5, 0.6) is 0 Å². The summed E-state index contributed by atoms with van der Waals surface area (Å²) in [5.41, 5.74) is 0. The van der Waals surface area contributed by atoms with Crippen molar-refractivity contribution >= 4 is 27.7 Å². The first-order valence-electron chi connectivity index (χ1n) is 8.88. The van der Waals surface area contributed by atoms with Gasteiger partial charge >= 0.3 is 156 Å². The van der Waals surface area contributed by atoms with Crippen molar-refractivity contribution in [2.45, 2.75) is 69.6 Å². The van der Waals surface area contributed by atoms with Gasteiger partial charge in [0.1, 0.15) is 0 Å². The average Bonchev–Trinajstić information content (AvgIpc) is 2.51. The van der Waals surface area contributed by atoms with Gasteiger partial charge in [0.25, 0.3) is 0 Å². The van der Waals surface area contributed by atoms with Crippen molar-refractivity contribution in [2.24, 2.45) is 0 Å². The van der Waals surface area contributed by atoms with E-state index in [1.165, 1.54) is 4.46 Å². The first kappa shape index (κ1) is 21.7. The fourth-order valence-electron chi connectivity index (χ4n) is 2.04. The minimum absolute atomic E-state index is 0.00245. The Morgan fingerprint density at radius 3 is 2.33 bits per heavy atom. The average molecular weight is 414 g/mol. The van der Waals surface area contributed by atoms with Crippen LogP contribution >= 0.6 is 0 Å². The predicted octanol–water partition coefficient (Wildman–Crippen LogP) is 4.54. The molecule has 0 aliphatic carbocycles. The van der Waals surface area contributed by atoms with Gasteiger partial charge in [0.2, 0.25) is 0 Å². The fraction of sp³-hybridized carbons (Fsp3) is 0.600. The predicted molar refractivity (Wildman–Crippen MR) is 109 cm³/mol. The standard InChI is InChI=1S/C20H34O2SeSi/c1-7-8-10-15-18(22-24(5,6)20(2,3)4)19(16-21)23-17-13-11-9-12-14-17/h9-15,18-19,21H,7-8,16H2,1-6H3/b15-10+/t18-,19-/m0/s1. The van der Waals surface area contributed by atoms with Crippen molar-refractivity contribution in [3.05, 3.63) is 42.5 Å². The number of allylic oxidation sites excluding steroid dienone is 1. The van der Waals surface area contributed by atoms with Crippen LogP contribution in [0.4, 0.5) is 0 Å². The van der Waals surface area contributed by atoms with Crippen molar-refractivity contribution in [3.8, 4) is 0 Å². The topological polar surface area (TPSA) is 29.5 Å². The summed E-state index contributed by atoms with van der Waals surface area (Å²) in [5.74, 6) is 0. The number of aliphatic hydroxyl groups excluding tert-OH is 1. The van der Waals surface area contributed by atoms with Gasteiger partial charge in [-0.3, -0.25) is 0 Å². The van der Waals surface area contributed by atoms with Crippen LogP contribution in [-0.2, 0) is 4.43 Å². The summed E-state index contributed by atoms with van der Waals surface area (Å²) < 4.78 is 8.00. The van der Waals surface area contributed by atoms with E-state index >= 15 is 0 Å². The first-order chi connectivity index (χ1) is 11.2. The SMILES string of the molecule is CCC/C=C/[C@H](O[Si](C)(C)C(C)(C)C)[C@H](CO)[Se]c1ccccc1. The Morgan fingerprint density at radius 2 is 1.83 bits per heavy atom. The molecule has 0 saturated carbocycles. The van der Waals surface area contributed by atoms with Gasteiger partial charge in [0.05, 0.1) is 0 Å². The van der Waals surface area contributed by atoms with E-state index in [2.05, 4.69) is 77.2 Å². The van der Waals surface area contributed by atoms with Crippen molar-refractivity contribution in [1.29, 1.82) is 0 Å². The van der Waals surface area contributed by atoms with E-state index in [9.17, 15) is 5.11 Å². The molecule has 2 atom stereocenters. The van der Waals surface area contributed by atoms with Crippen molar-refractivity contribution in [3.63, 3.8) is 0 Å². The van der Waals surface area contributed by atoms with Gasteiger partial charge in [0, 0.05) is 0 Å². The van der Waals surface area contributed by atoms with E-state index in [-0.39, 0.29) is 37.5 Å². The molecule has 136 valence electrons. The molecule has 0 unspecified atom stereocenters. The summed E-state index contributed by atoms with van der Waals surface area (Å²) >= 11 is 0.194. The van der Waals surface area contributed by atoms with Crippen molar-refractivity contribution < 1.29 is 9.53 Å². The molecule has 2 nitrogen and oxygen atoms in total. The second kappa shape index (κ2) is 9.93. The third kappa shape index (κ3) is 6.85. The van der Waals surface area contributed by atoms with Crippen LogP contribution in [0, 0.1) is 0 Å². The Kier molecular flexibility index (Phi) is 8.96. The molecule has 1 rings (SSSR count). The Balaban J connectivity index is 2.97. The van der Waals surface area contributed by atoms with Gasteiger partial charge in [-0.15, -0.1) is 0 Å². The molecule has 24 heavy (non-hydrogen) atoms. The van der Waals surface area contributed by atoms with Crippen LogP contribution in [0.2, 0.25) is 22.9 Å². The molecule has 0 spiro atoms. The molecule has 1 aromatic rings. The van der Waals surface area contributed by atoms with E-state index in [0.29, 0.717) is 0 Å². The number of rotatable bonds is 9. The molecule has 4 heteroatoms. The van der Waals surface area contributed by atoms with Crippen LogP contribution < -0.4 is 4.46 Å². The van der Waals surface area contributed by atoms with Gasteiger partial charge in [-0.2, -0.15) is 0 Å². The summed E-state index contributed by atoms with van der Waals surface area (Å²) in [4.78, 5) is 0.155. The van der Waals surface area contributed by atoms with Crippen LogP contribution in [-0.4, -0.2) is 41.1 Å². The Morgan fingerprint density at radius 1 is 1.21 bits per heavy atom. The van der Waals surface area contributed by atoms with Crippen LogP contribution in [0.3, 0.4) is 0 Å².